The van der Waals surface area contributed by atoms with Crippen molar-refractivity contribution >= 4 is 46.6 Å². The Balaban J connectivity index is 1.27. The summed E-state index contributed by atoms with van der Waals surface area (Å²) >= 11 is 12.3. The third-order valence-corrected chi connectivity index (χ3v) is 10.5. The van der Waals surface area contributed by atoms with Gasteiger partial charge in [0.15, 0.2) is 0 Å². The average Bonchev–Trinajstić information content (AvgIpc) is 3.61. The number of rotatable bonds is 9. The number of ether oxygens (including phenoxy) is 1. The van der Waals surface area contributed by atoms with Gasteiger partial charge in [0.1, 0.15) is 11.6 Å². The van der Waals surface area contributed by atoms with E-state index in [4.69, 9.17) is 27.9 Å². The molecule has 0 unspecified atom stereocenters. The van der Waals surface area contributed by atoms with E-state index in [1.165, 1.54) is 0 Å². The normalized spacial score (nSPS) is 32.3. The number of benzene rings is 2. The smallest absolute Gasteiger partial charge is 0.246 e. The second-order valence-corrected chi connectivity index (χ2v) is 13.9. The first-order valence-corrected chi connectivity index (χ1v) is 16.3. The summed E-state index contributed by atoms with van der Waals surface area (Å²) in [6.07, 6.45) is 6.16. The highest BCUT2D eigenvalue weighted by Crippen LogP contribution is 2.55. The van der Waals surface area contributed by atoms with E-state index in [-0.39, 0.29) is 23.8 Å². The summed E-state index contributed by atoms with van der Waals surface area (Å²) in [4.78, 5) is 46.2. The van der Waals surface area contributed by atoms with E-state index in [0.717, 1.165) is 24.8 Å². The van der Waals surface area contributed by atoms with Crippen LogP contribution in [0.2, 0.25) is 10.0 Å². The Kier molecular flexibility index (Phi) is 8.81. The molecule has 4 aliphatic rings. The maximum atomic E-state index is 14.3. The Labute approximate surface area is 269 Å². The van der Waals surface area contributed by atoms with E-state index >= 15 is 0 Å². The van der Waals surface area contributed by atoms with Crippen molar-refractivity contribution in [1.82, 2.24) is 15.1 Å². The van der Waals surface area contributed by atoms with Gasteiger partial charge in [0, 0.05) is 41.4 Å². The van der Waals surface area contributed by atoms with Crippen LogP contribution in [0, 0.1) is 23.7 Å². The lowest BCUT2D eigenvalue weighted by atomic mass is 9.73. The molecule has 3 heterocycles. The number of carbonyl (C=O) groups excluding carboxylic acids is 3. The molecule has 2 N–H and O–H groups in total. The number of amides is 3. The van der Waals surface area contributed by atoms with Crippen molar-refractivity contribution in [1.29, 1.82) is 0 Å². The summed E-state index contributed by atoms with van der Waals surface area (Å²) in [6, 6.07) is 14.1. The molecular formula is C34H40Cl2N4O4. The van der Waals surface area contributed by atoms with Gasteiger partial charge in [0.25, 0.3) is 0 Å². The highest BCUT2D eigenvalue weighted by atomic mass is 35.5. The van der Waals surface area contributed by atoms with Crippen LogP contribution in [0.25, 0.3) is 0 Å². The summed E-state index contributed by atoms with van der Waals surface area (Å²) in [7, 11) is 2.00. The number of nitrogens with zero attached hydrogens (tertiary/aromatic N) is 2. The Hall–Kier alpha value is -2.91. The highest BCUT2D eigenvalue weighted by molar-refractivity contribution is 6.35. The van der Waals surface area contributed by atoms with E-state index in [1.54, 1.807) is 23.1 Å². The second kappa shape index (κ2) is 12.5. The van der Waals surface area contributed by atoms with Crippen LogP contribution in [0.5, 0.6) is 0 Å². The molecule has 2 aromatic rings. The van der Waals surface area contributed by atoms with Gasteiger partial charge in [0.05, 0.1) is 17.9 Å². The fraction of sp³-hybridized carbons (Fsp3) is 0.500. The number of likely N-dealkylation sites (tertiary alicyclic amines) is 1. The van der Waals surface area contributed by atoms with Crippen molar-refractivity contribution in [2.45, 2.75) is 63.4 Å². The van der Waals surface area contributed by atoms with Crippen LogP contribution in [0.3, 0.4) is 0 Å². The van der Waals surface area contributed by atoms with Gasteiger partial charge < -0.3 is 25.2 Å². The largest absolute Gasteiger partial charge is 0.359 e. The maximum absolute atomic E-state index is 14.3. The Morgan fingerprint density at radius 3 is 2.52 bits per heavy atom. The summed E-state index contributed by atoms with van der Waals surface area (Å²) in [6.45, 7) is 6.00. The maximum Gasteiger partial charge on any atom is 0.246 e. The Bertz CT molecular complexity index is 1430. The van der Waals surface area contributed by atoms with Crippen molar-refractivity contribution in [3.05, 3.63) is 76.3 Å². The standard InChI is InChI=1S/C34H40Cl2N4O4/c1-20-8-7-11-26(21(20)2)38-32(42)30-34-13-12-27(44-34)28(31(41)37-25-17-23(35)16-24(36)18-25)29(34)33(43)40(30)15-14-39(3)19-22-9-5-4-6-10-22/h4-6,9-10,12-13,16-18,20-21,26-30H,7-8,11,14-15,19H2,1-3H3,(H,37,41)(H,38,42)/t20-,21+,26+,27+,28+,29+,30+,34+/m1/s1. The topological polar surface area (TPSA) is 91.0 Å². The monoisotopic (exact) mass is 638 g/mol. The molecule has 44 heavy (non-hydrogen) atoms. The number of anilines is 1. The van der Waals surface area contributed by atoms with Gasteiger partial charge in [-0.05, 0) is 49.1 Å². The van der Waals surface area contributed by atoms with Crippen molar-refractivity contribution in [3.63, 3.8) is 0 Å². The summed E-state index contributed by atoms with van der Waals surface area (Å²) in [5, 5.41) is 6.98. The minimum atomic E-state index is -1.22. The van der Waals surface area contributed by atoms with Crippen molar-refractivity contribution in [2.24, 2.45) is 23.7 Å². The van der Waals surface area contributed by atoms with Crippen LogP contribution in [0.4, 0.5) is 5.69 Å². The Morgan fingerprint density at radius 2 is 1.80 bits per heavy atom. The lowest BCUT2D eigenvalue weighted by molar-refractivity contribution is -0.141. The van der Waals surface area contributed by atoms with Gasteiger partial charge in [-0.2, -0.15) is 0 Å². The fourth-order valence-corrected chi connectivity index (χ4v) is 8.19. The predicted octanol–water partition coefficient (Wildman–Crippen LogP) is 5.16. The molecule has 2 aromatic carbocycles. The number of hydrogen-bond acceptors (Lipinski definition) is 5. The lowest BCUT2D eigenvalue weighted by Gasteiger charge is -2.38. The fourth-order valence-electron chi connectivity index (χ4n) is 7.66. The molecule has 1 aliphatic carbocycles. The average molecular weight is 640 g/mol. The molecule has 8 atom stereocenters. The molecule has 234 valence electrons. The van der Waals surface area contributed by atoms with Crippen LogP contribution in [0.1, 0.15) is 38.7 Å². The first-order valence-electron chi connectivity index (χ1n) is 15.5. The molecule has 1 saturated carbocycles. The minimum absolute atomic E-state index is 0.0219. The molecule has 3 amide bonds. The SMILES string of the molecule is C[C@H]1[C@H](C)CCC[C@@H]1NC(=O)[C@@H]1N(CCN(C)Cc2ccccc2)C(=O)[C@@H]2[C@@H](C(=O)Nc3cc(Cl)cc(Cl)c3)[C@@H]3C=C[C@]21O3. The first-order chi connectivity index (χ1) is 21.1. The van der Waals surface area contributed by atoms with Gasteiger partial charge in [-0.3, -0.25) is 14.4 Å². The highest BCUT2D eigenvalue weighted by Gasteiger charge is 2.72. The zero-order chi connectivity index (χ0) is 31.2. The van der Waals surface area contributed by atoms with Crippen LogP contribution in [-0.4, -0.2) is 71.4 Å². The van der Waals surface area contributed by atoms with Crippen LogP contribution in [-0.2, 0) is 25.7 Å². The number of carbonyl (C=O) groups is 3. The summed E-state index contributed by atoms with van der Waals surface area (Å²) < 4.78 is 6.52. The third-order valence-electron chi connectivity index (χ3n) is 10.1. The van der Waals surface area contributed by atoms with Crippen molar-refractivity contribution < 1.29 is 19.1 Å². The lowest BCUT2D eigenvalue weighted by Crippen LogP contribution is -2.58. The second-order valence-electron chi connectivity index (χ2n) is 13.0. The van der Waals surface area contributed by atoms with Gasteiger partial charge in [0.2, 0.25) is 17.7 Å². The molecule has 3 aliphatic heterocycles. The van der Waals surface area contributed by atoms with Crippen LogP contribution in [0.15, 0.2) is 60.7 Å². The van der Waals surface area contributed by atoms with Crippen LogP contribution < -0.4 is 10.6 Å². The molecular weight excluding hydrogens is 599 g/mol. The van der Waals surface area contributed by atoms with E-state index < -0.39 is 29.6 Å². The van der Waals surface area contributed by atoms with Crippen molar-refractivity contribution in [3.8, 4) is 0 Å². The molecule has 1 spiro atoms. The van der Waals surface area contributed by atoms with E-state index in [1.807, 2.05) is 37.4 Å². The Morgan fingerprint density at radius 1 is 1.07 bits per heavy atom. The number of likely N-dealkylation sites (N-methyl/N-ethyl adjacent to an activating group) is 1. The van der Waals surface area contributed by atoms with E-state index in [9.17, 15) is 14.4 Å². The molecule has 6 rings (SSSR count). The number of fused-ring (bicyclic) bond motifs is 1. The zero-order valence-electron chi connectivity index (χ0n) is 25.3. The number of nitrogens with one attached hydrogen (secondary N) is 2. The molecule has 2 saturated heterocycles. The first kappa shape index (κ1) is 31.1. The molecule has 2 bridgehead atoms. The van der Waals surface area contributed by atoms with E-state index in [0.29, 0.717) is 47.2 Å². The van der Waals surface area contributed by atoms with Gasteiger partial charge in [-0.25, -0.2) is 0 Å². The summed E-state index contributed by atoms with van der Waals surface area (Å²) in [5.74, 6) is -1.63. The van der Waals surface area contributed by atoms with Gasteiger partial charge >= 0.3 is 0 Å². The summed E-state index contributed by atoms with van der Waals surface area (Å²) in [5.41, 5.74) is 0.380. The predicted molar refractivity (Wildman–Crippen MR) is 171 cm³/mol. The van der Waals surface area contributed by atoms with Crippen LogP contribution >= 0.6 is 23.2 Å². The molecule has 8 nitrogen and oxygen atoms in total. The molecule has 10 heteroatoms. The third kappa shape index (κ3) is 5.78. The van der Waals surface area contributed by atoms with E-state index in [2.05, 4.69) is 41.5 Å². The minimum Gasteiger partial charge on any atom is -0.359 e. The molecule has 0 aromatic heterocycles. The molecule has 3 fully saturated rings. The molecule has 0 radical (unpaired) electrons. The van der Waals surface area contributed by atoms with Crippen molar-refractivity contribution in [2.75, 3.05) is 25.5 Å². The number of hydrogen-bond donors (Lipinski definition) is 2. The zero-order valence-corrected chi connectivity index (χ0v) is 26.9. The number of halogens is 2. The van der Waals surface area contributed by atoms with Gasteiger partial charge in [-0.1, -0.05) is 92.4 Å². The quantitative estimate of drug-likeness (QED) is 0.371. The van der Waals surface area contributed by atoms with Gasteiger partial charge in [-0.15, -0.1) is 0 Å².